The number of hydrogen-bond donors (Lipinski definition) is 1. The normalized spacial score (nSPS) is 11.4. The molecule has 0 saturated carbocycles. The van der Waals surface area contributed by atoms with Crippen molar-refractivity contribution < 1.29 is 0 Å². The van der Waals surface area contributed by atoms with Crippen LogP contribution in [0.2, 0.25) is 0 Å². The van der Waals surface area contributed by atoms with Crippen LogP contribution in [0.4, 0.5) is 0 Å². The molecule has 4 heteroatoms. The summed E-state index contributed by atoms with van der Waals surface area (Å²) in [4.78, 5) is 0. The number of pyridine rings is 1. The average Bonchev–Trinajstić information content (AvgIpc) is 2.77. The summed E-state index contributed by atoms with van der Waals surface area (Å²) in [5.41, 5.74) is 10.00. The van der Waals surface area contributed by atoms with E-state index < -0.39 is 0 Å². The minimum absolute atomic E-state index is 0.565. The predicted molar refractivity (Wildman–Crippen MR) is 63.1 cm³/mol. The maximum atomic E-state index is 5.65. The molecule has 0 bridgehead atoms. The zero-order valence-corrected chi connectivity index (χ0v) is 9.01. The first kappa shape index (κ1) is 9.30. The zero-order chi connectivity index (χ0) is 11.1. The second kappa shape index (κ2) is 3.28. The van der Waals surface area contributed by atoms with E-state index in [2.05, 4.69) is 29.3 Å². The van der Waals surface area contributed by atoms with E-state index in [1.165, 1.54) is 10.9 Å². The maximum Gasteiger partial charge on any atom is 0.161 e. The summed E-state index contributed by atoms with van der Waals surface area (Å²) in [7, 11) is 0. The number of nitrogens with zero attached hydrogens (tertiary/aromatic N) is 3. The molecule has 0 aliphatic carbocycles. The van der Waals surface area contributed by atoms with Crippen molar-refractivity contribution >= 4 is 16.6 Å². The Bertz CT molecular complexity index is 669. The van der Waals surface area contributed by atoms with Crippen LogP contribution in [0.1, 0.15) is 11.1 Å². The molecule has 3 aromatic rings. The lowest BCUT2D eigenvalue weighted by atomic mass is 10.1. The van der Waals surface area contributed by atoms with Gasteiger partial charge in [0.15, 0.2) is 5.65 Å². The smallest absolute Gasteiger partial charge is 0.161 e. The van der Waals surface area contributed by atoms with Gasteiger partial charge >= 0.3 is 0 Å². The molecule has 4 nitrogen and oxygen atoms in total. The van der Waals surface area contributed by atoms with Gasteiger partial charge < -0.3 is 5.73 Å². The molecule has 2 aromatic heterocycles. The number of nitrogens with two attached hydrogens (primary N) is 1. The van der Waals surface area contributed by atoms with E-state index in [-0.39, 0.29) is 0 Å². The maximum absolute atomic E-state index is 5.65. The molecule has 0 radical (unpaired) electrons. The highest BCUT2D eigenvalue weighted by molar-refractivity contribution is 5.85. The molecule has 2 heterocycles. The van der Waals surface area contributed by atoms with E-state index in [0.717, 1.165) is 16.7 Å². The van der Waals surface area contributed by atoms with Crippen LogP contribution in [-0.4, -0.2) is 14.6 Å². The monoisotopic (exact) mass is 212 g/mol. The zero-order valence-electron chi connectivity index (χ0n) is 9.01. The number of aryl methyl sites for hydroxylation is 1. The van der Waals surface area contributed by atoms with Crippen molar-refractivity contribution in [1.82, 2.24) is 14.6 Å². The first-order valence-electron chi connectivity index (χ1n) is 5.21. The molecule has 2 N–H and O–H groups in total. The van der Waals surface area contributed by atoms with Crippen LogP contribution in [0, 0.1) is 6.92 Å². The third-order valence-electron chi connectivity index (χ3n) is 2.90. The SMILES string of the molecule is Cc1cc2nncn2c2ccc(CN)cc12. The molecule has 16 heavy (non-hydrogen) atoms. The minimum atomic E-state index is 0.565. The first-order chi connectivity index (χ1) is 7.79. The fourth-order valence-electron chi connectivity index (χ4n) is 2.04. The van der Waals surface area contributed by atoms with Gasteiger partial charge in [-0.15, -0.1) is 10.2 Å². The van der Waals surface area contributed by atoms with Gasteiger partial charge in [0.1, 0.15) is 6.33 Å². The third-order valence-corrected chi connectivity index (χ3v) is 2.90. The highest BCUT2D eigenvalue weighted by Crippen LogP contribution is 2.21. The molecular weight excluding hydrogens is 200 g/mol. The van der Waals surface area contributed by atoms with Crippen LogP contribution in [0.3, 0.4) is 0 Å². The molecular formula is C12H12N4. The van der Waals surface area contributed by atoms with Gasteiger partial charge in [-0.05, 0) is 36.2 Å². The Hall–Kier alpha value is -1.94. The van der Waals surface area contributed by atoms with Crippen LogP contribution in [0.25, 0.3) is 16.6 Å². The standard InChI is InChI=1S/C12H12N4/c1-8-4-12-15-14-7-16(12)11-3-2-9(6-13)5-10(8)11/h2-5,7H,6,13H2,1H3. The Labute approximate surface area is 92.7 Å². The molecule has 0 aliphatic heterocycles. The van der Waals surface area contributed by atoms with E-state index in [1.54, 1.807) is 6.33 Å². The van der Waals surface area contributed by atoms with Gasteiger partial charge in [-0.3, -0.25) is 4.40 Å². The average molecular weight is 212 g/mol. The summed E-state index contributed by atoms with van der Waals surface area (Å²) >= 11 is 0. The van der Waals surface area contributed by atoms with Crippen molar-refractivity contribution in [3.63, 3.8) is 0 Å². The van der Waals surface area contributed by atoms with Gasteiger partial charge in [0.25, 0.3) is 0 Å². The van der Waals surface area contributed by atoms with Gasteiger partial charge in [-0.25, -0.2) is 0 Å². The minimum Gasteiger partial charge on any atom is -0.326 e. The summed E-state index contributed by atoms with van der Waals surface area (Å²) in [5, 5.41) is 9.19. The van der Waals surface area contributed by atoms with E-state index in [4.69, 9.17) is 5.73 Å². The van der Waals surface area contributed by atoms with Crippen LogP contribution >= 0.6 is 0 Å². The van der Waals surface area contributed by atoms with E-state index >= 15 is 0 Å². The van der Waals surface area contributed by atoms with Gasteiger partial charge in [-0.1, -0.05) is 6.07 Å². The number of hydrogen-bond acceptors (Lipinski definition) is 3. The van der Waals surface area contributed by atoms with Crippen molar-refractivity contribution in [1.29, 1.82) is 0 Å². The summed E-state index contributed by atoms with van der Waals surface area (Å²) in [6.45, 7) is 2.65. The van der Waals surface area contributed by atoms with Crippen LogP contribution in [0.5, 0.6) is 0 Å². The Balaban J connectivity index is 2.49. The Morgan fingerprint density at radius 1 is 1.31 bits per heavy atom. The van der Waals surface area contributed by atoms with E-state index in [0.29, 0.717) is 6.54 Å². The summed E-state index contributed by atoms with van der Waals surface area (Å²) in [5.74, 6) is 0. The molecule has 80 valence electrons. The Morgan fingerprint density at radius 2 is 2.19 bits per heavy atom. The molecule has 0 atom stereocenters. The topological polar surface area (TPSA) is 56.2 Å². The van der Waals surface area contributed by atoms with Crippen LogP contribution < -0.4 is 5.73 Å². The quantitative estimate of drug-likeness (QED) is 0.667. The second-order valence-electron chi connectivity index (χ2n) is 3.94. The largest absolute Gasteiger partial charge is 0.326 e. The van der Waals surface area contributed by atoms with Crippen molar-refractivity contribution in [2.75, 3.05) is 0 Å². The number of fused-ring (bicyclic) bond motifs is 3. The number of rotatable bonds is 1. The van der Waals surface area contributed by atoms with Crippen molar-refractivity contribution in [3.05, 3.63) is 41.7 Å². The van der Waals surface area contributed by atoms with Gasteiger partial charge in [-0.2, -0.15) is 0 Å². The van der Waals surface area contributed by atoms with Crippen LogP contribution in [0.15, 0.2) is 30.6 Å². The molecule has 0 unspecified atom stereocenters. The van der Waals surface area contributed by atoms with Crippen molar-refractivity contribution in [2.24, 2.45) is 5.73 Å². The van der Waals surface area contributed by atoms with E-state index in [9.17, 15) is 0 Å². The lowest BCUT2D eigenvalue weighted by molar-refractivity contribution is 1.07. The number of aromatic nitrogens is 3. The summed E-state index contributed by atoms with van der Waals surface area (Å²) < 4.78 is 1.99. The molecule has 1 aromatic carbocycles. The highest BCUT2D eigenvalue weighted by Gasteiger charge is 2.05. The highest BCUT2D eigenvalue weighted by atomic mass is 15.2. The molecule has 3 rings (SSSR count). The molecule has 0 amide bonds. The van der Waals surface area contributed by atoms with Gasteiger partial charge in [0, 0.05) is 11.9 Å². The third kappa shape index (κ3) is 1.20. The molecule has 0 spiro atoms. The first-order valence-corrected chi connectivity index (χ1v) is 5.21. The Morgan fingerprint density at radius 3 is 3.00 bits per heavy atom. The summed E-state index contributed by atoms with van der Waals surface area (Å²) in [6, 6.07) is 8.28. The fourth-order valence-corrected chi connectivity index (χ4v) is 2.04. The lowest BCUT2D eigenvalue weighted by Crippen LogP contribution is -1.97. The lowest BCUT2D eigenvalue weighted by Gasteiger charge is -2.06. The second-order valence-corrected chi connectivity index (χ2v) is 3.94. The Kier molecular flexibility index (Phi) is 1.91. The fraction of sp³-hybridized carbons (Fsp3) is 0.167. The summed E-state index contributed by atoms with van der Waals surface area (Å²) in [6.07, 6.45) is 1.74. The molecule has 0 fully saturated rings. The van der Waals surface area contributed by atoms with Crippen LogP contribution in [-0.2, 0) is 6.54 Å². The molecule has 0 saturated heterocycles. The predicted octanol–water partition coefficient (Wildman–Crippen LogP) is 1.65. The van der Waals surface area contributed by atoms with Crippen molar-refractivity contribution in [3.8, 4) is 0 Å². The number of benzene rings is 1. The van der Waals surface area contributed by atoms with Gasteiger partial charge in [0.05, 0.1) is 5.52 Å². The van der Waals surface area contributed by atoms with E-state index in [1.807, 2.05) is 16.5 Å². The van der Waals surface area contributed by atoms with Crippen molar-refractivity contribution in [2.45, 2.75) is 13.5 Å². The molecule has 0 aliphatic rings. The van der Waals surface area contributed by atoms with Gasteiger partial charge in [0.2, 0.25) is 0 Å².